The number of aromatic nitrogens is 3. The standard InChI is InChI=1S/C21H17ClN4O3S/c1-23-21-25-10-16-14(11-5-12(22)9-24-8-11)7-15(20(29-2)19(16)26-21)17-4-3-13(30-17)6-18(27)28/h3-5,7-10H,6H2,1-2H3,(H,27,28)(H,23,25,26). The number of hydrogen-bond acceptors (Lipinski definition) is 7. The first-order valence-electron chi connectivity index (χ1n) is 8.97. The third kappa shape index (κ3) is 3.79. The highest BCUT2D eigenvalue weighted by atomic mass is 35.5. The van der Waals surface area contributed by atoms with Crippen molar-refractivity contribution >= 4 is 45.8 Å². The molecular formula is C21H17ClN4O3S. The molecule has 0 spiro atoms. The van der Waals surface area contributed by atoms with Crippen LogP contribution in [0.3, 0.4) is 0 Å². The number of aliphatic carboxylic acids is 1. The van der Waals surface area contributed by atoms with E-state index < -0.39 is 5.97 Å². The fraction of sp³-hybridized carbons (Fsp3) is 0.143. The number of anilines is 1. The molecule has 0 atom stereocenters. The fourth-order valence-corrected chi connectivity index (χ4v) is 4.43. The maximum Gasteiger partial charge on any atom is 0.308 e. The average Bonchev–Trinajstić information content (AvgIpc) is 3.19. The first-order chi connectivity index (χ1) is 14.5. The molecule has 0 saturated carbocycles. The van der Waals surface area contributed by atoms with Gasteiger partial charge in [-0.25, -0.2) is 9.97 Å². The lowest BCUT2D eigenvalue weighted by atomic mass is 9.98. The SMILES string of the molecule is CNc1ncc2c(-c3cncc(Cl)c3)cc(-c3ccc(CC(=O)O)s3)c(OC)c2n1. The Morgan fingerprint density at radius 3 is 2.77 bits per heavy atom. The number of carboxylic acids is 1. The van der Waals surface area contributed by atoms with Crippen LogP contribution in [0.1, 0.15) is 4.88 Å². The van der Waals surface area contributed by atoms with E-state index in [1.807, 2.05) is 24.3 Å². The number of halogens is 1. The summed E-state index contributed by atoms with van der Waals surface area (Å²) in [5.74, 6) is 0.184. The maximum absolute atomic E-state index is 11.1. The van der Waals surface area contributed by atoms with Crippen LogP contribution >= 0.6 is 22.9 Å². The average molecular weight is 441 g/mol. The number of methoxy groups -OCH3 is 1. The van der Waals surface area contributed by atoms with Gasteiger partial charge in [-0.05, 0) is 29.8 Å². The number of fused-ring (bicyclic) bond motifs is 1. The Balaban J connectivity index is 2.01. The lowest BCUT2D eigenvalue weighted by Crippen LogP contribution is -1.99. The van der Waals surface area contributed by atoms with Gasteiger partial charge in [-0.15, -0.1) is 11.3 Å². The number of hydrogen-bond donors (Lipinski definition) is 2. The van der Waals surface area contributed by atoms with Crippen LogP contribution < -0.4 is 10.1 Å². The molecule has 0 aliphatic rings. The topological polar surface area (TPSA) is 97.2 Å². The second-order valence-electron chi connectivity index (χ2n) is 6.44. The van der Waals surface area contributed by atoms with Crippen LogP contribution in [0, 0.1) is 0 Å². The van der Waals surface area contributed by atoms with Crippen LogP contribution in [-0.2, 0) is 11.2 Å². The molecule has 3 heterocycles. The molecule has 0 fully saturated rings. The lowest BCUT2D eigenvalue weighted by Gasteiger charge is -2.15. The Hall–Kier alpha value is -3.23. The summed E-state index contributed by atoms with van der Waals surface area (Å²) in [5.41, 5.74) is 3.12. The first-order valence-corrected chi connectivity index (χ1v) is 10.2. The Bertz CT molecular complexity index is 1260. The molecule has 0 aliphatic carbocycles. The normalized spacial score (nSPS) is 10.9. The van der Waals surface area contributed by atoms with Crippen molar-refractivity contribution in [3.8, 4) is 27.3 Å². The van der Waals surface area contributed by atoms with Gasteiger partial charge in [0.1, 0.15) is 5.52 Å². The molecule has 4 rings (SSSR count). The number of nitrogens with zero attached hydrogens (tertiary/aromatic N) is 3. The fourth-order valence-electron chi connectivity index (χ4n) is 3.24. The van der Waals surface area contributed by atoms with Crippen molar-refractivity contribution in [3.05, 3.63) is 52.8 Å². The molecule has 0 bridgehead atoms. The minimum Gasteiger partial charge on any atom is -0.494 e. The van der Waals surface area contributed by atoms with E-state index in [4.69, 9.17) is 21.4 Å². The number of rotatable bonds is 6. The van der Waals surface area contributed by atoms with E-state index in [1.54, 1.807) is 32.7 Å². The predicted octanol–water partition coefficient (Wildman–Crippen LogP) is 4.75. The van der Waals surface area contributed by atoms with Gasteiger partial charge in [-0.1, -0.05) is 11.6 Å². The van der Waals surface area contributed by atoms with Crippen molar-refractivity contribution in [2.45, 2.75) is 6.42 Å². The molecule has 3 aromatic heterocycles. The zero-order valence-corrected chi connectivity index (χ0v) is 17.7. The highest BCUT2D eigenvalue weighted by Gasteiger charge is 2.19. The van der Waals surface area contributed by atoms with E-state index in [0.717, 1.165) is 31.8 Å². The van der Waals surface area contributed by atoms with Crippen molar-refractivity contribution in [3.63, 3.8) is 0 Å². The highest BCUT2D eigenvalue weighted by molar-refractivity contribution is 7.15. The van der Waals surface area contributed by atoms with Gasteiger partial charge in [0.05, 0.1) is 18.6 Å². The molecule has 4 aromatic rings. The number of carbonyl (C=O) groups is 1. The first kappa shape index (κ1) is 20.1. The minimum absolute atomic E-state index is 0.0301. The smallest absolute Gasteiger partial charge is 0.308 e. The molecule has 0 radical (unpaired) electrons. The van der Waals surface area contributed by atoms with Crippen LogP contribution in [0.25, 0.3) is 32.5 Å². The van der Waals surface area contributed by atoms with E-state index in [9.17, 15) is 4.79 Å². The quantitative estimate of drug-likeness (QED) is 0.446. The van der Waals surface area contributed by atoms with E-state index in [1.165, 1.54) is 11.3 Å². The zero-order valence-electron chi connectivity index (χ0n) is 16.1. The monoisotopic (exact) mass is 440 g/mol. The summed E-state index contributed by atoms with van der Waals surface area (Å²) >= 11 is 7.59. The van der Waals surface area contributed by atoms with Crippen LogP contribution in [0.5, 0.6) is 5.75 Å². The summed E-state index contributed by atoms with van der Waals surface area (Å²) in [4.78, 5) is 25.9. The van der Waals surface area contributed by atoms with Crippen molar-refractivity contribution in [2.24, 2.45) is 0 Å². The van der Waals surface area contributed by atoms with Crippen LogP contribution in [0.4, 0.5) is 5.95 Å². The molecule has 1 aromatic carbocycles. The molecule has 0 amide bonds. The van der Waals surface area contributed by atoms with Crippen molar-refractivity contribution in [2.75, 3.05) is 19.5 Å². The summed E-state index contributed by atoms with van der Waals surface area (Å²) in [6, 6.07) is 7.52. The van der Waals surface area contributed by atoms with Gasteiger partial charge in [0.25, 0.3) is 0 Å². The molecule has 2 N–H and O–H groups in total. The summed E-state index contributed by atoms with van der Waals surface area (Å²) in [6.07, 6.45) is 5.01. The molecule has 0 aliphatic heterocycles. The van der Waals surface area contributed by atoms with Crippen molar-refractivity contribution in [1.82, 2.24) is 15.0 Å². The molecular weight excluding hydrogens is 424 g/mol. The van der Waals surface area contributed by atoms with Crippen LogP contribution in [-0.4, -0.2) is 40.2 Å². The van der Waals surface area contributed by atoms with Gasteiger partial charge in [-0.3, -0.25) is 9.78 Å². The number of nitrogens with one attached hydrogen (secondary N) is 1. The third-order valence-electron chi connectivity index (χ3n) is 4.52. The van der Waals surface area contributed by atoms with Gasteiger partial charge >= 0.3 is 5.97 Å². The van der Waals surface area contributed by atoms with Gasteiger partial charge in [0.15, 0.2) is 5.75 Å². The number of pyridine rings is 1. The van der Waals surface area contributed by atoms with Crippen molar-refractivity contribution in [1.29, 1.82) is 0 Å². The van der Waals surface area contributed by atoms with Crippen molar-refractivity contribution < 1.29 is 14.6 Å². The molecule has 30 heavy (non-hydrogen) atoms. The number of benzene rings is 1. The van der Waals surface area contributed by atoms with Crippen LogP contribution in [0.15, 0.2) is 42.9 Å². The van der Waals surface area contributed by atoms with E-state index in [-0.39, 0.29) is 6.42 Å². The summed E-state index contributed by atoms with van der Waals surface area (Å²) in [6.45, 7) is 0. The number of ether oxygens (including phenoxy) is 1. The molecule has 7 nitrogen and oxygen atoms in total. The summed E-state index contributed by atoms with van der Waals surface area (Å²) in [5, 5.41) is 13.4. The third-order valence-corrected chi connectivity index (χ3v) is 5.85. The predicted molar refractivity (Wildman–Crippen MR) is 119 cm³/mol. The Labute approximate surface area is 181 Å². The van der Waals surface area contributed by atoms with E-state index >= 15 is 0 Å². The largest absolute Gasteiger partial charge is 0.494 e. The maximum atomic E-state index is 11.1. The lowest BCUT2D eigenvalue weighted by molar-refractivity contribution is -0.136. The van der Waals surface area contributed by atoms with E-state index in [2.05, 4.69) is 20.3 Å². The second-order valence-corrected chi connectivity index (χ2v) is 8.04. The number of carboxylic acid groups (broad SMARTS) is 1. The summed E-state index contributed by atoms with van der Waals surface area (Å²) < 4.78 is 5.75. The Morgan fingerprint density at radius 1 is 1.23 bits per heavy atom. The van der Waals surface area contributed by atoms with Gasteiger partial charge in [0.2, 0.25) is 5.95 Å². The second kappa shape index (κ2) is 8.25. The molecule has 9 heteroatoms. The van der Waals surface area contributed by atoms with Gasteiger partial charge < -0.3 is 15.2 Å². The van der Waals surface area contributed by atoms with E-state index in [0.29, 0.717) is 22.2 Å². The Morgan fingerprint density at radius 2 is 2.07 bits per heavy atom. The minimum atomic E-state index is -0.869. The molecule has 0 saturated heterocycles. The Kier molecular flexibility index (Phi) is 5.52. The van der Waals surface area contributed by atoms with Gasteiger partial charge in [0, 0.05) is 51.9 Å². The zero-order chi connectivity index (χ0) is 21.3. The highest BCUT2D eigenvalue weighted by Crippen LogP contribution is 2.43. The summed E-state index contributed by atoms with van der Waals surface area (Å²) in [7, 11) is 3.34. The molecule has 152 valence electrons. The number of thiophene rings is 1. The molecule has 0 unspecified atom stereocenters. The van der Waals surface area contributed by atoms with Crippen LogP contribution in [0.2, 0.25) is 5.02 Å². The van der Waals surface area contributed by atoms with Gasteiger partial charge in [-0.2, -0.15) is 0 Å².